The van der Waals surface area contributed by atoms with E-state index < -0.39 is 0 Å². The number of benzene rings is 2. The van der Waals surface area contributed by atoms with Crippen molar-refractivity contribution in [3.05, 3.63) is 59.2 Å². The molecular weight excluding hydrogens is 352 g/mol. The van der Waals surface area contributed by atoms with Crippen LogP contribution in [-0.4, -0.2) is 23.8 Å². The van der Waals surface area contributed by atoms with Gasteiger partial charge in [-0.3, -0.25) is 4.79 Å². The van der Waals surface area contributed by atoms with Crippen LogP contribution < -0.4 is 5.32 Å². The van der Waals surface area contributed by atoms with E-state index in [9.17, 15) is 9.90 Å². The predicted molar refractivity (Wildman–Crippen MR) is 114 cm³/mol. The number of carbonyl (C=O) groups excluding carboxylic acids is 1. The first-order valence-corrected chi connectivity index (χ1v) is 9.36. The van der Waals surface area contributed by atoms with Crippen molar-refractivity contribution in [1.29, 1.82) is 0 Å². The molecule has 0 heterocycles. The number of rotatable bonds is 5. The number of nitrogens with one attached hydrogen (secondary N) is 1. The highest BCUT2D eigenvalue weighted by molar-refractivity contribution is 5.93. The summed E-state index contributed by atoms with van der Waals surface area (Å²) in [6.45, 7) is 12.1. The molecule has 0 fully saturated rings. The predicted octanol–water partition coefficient (Wildman–Crippen LogP) is 4.98. The molecule has 2 aromatic carbocycles. The Hall–Kier alpha value is -2.82. The highest BCUT2D eigenvalue weighted by atomic mass is 16.6. The third-order valence-electron chi connectivity index (χ3n) is 4.33. The third kappa shape index (κ3) is 5.84. The van der Waals surface area contributed by atoms with Crippen molar-refractivity contribution in [3.8, 4) is 5.75 Å². The fourth-order valence-corrected chi connectivity index (χ4v) is 2.65. The average molecular weight is 383 g/mol. The van der Waals surface area contributed by atoms with E-state index in [1.54, 1.807) is 6.21 Å². The van der Waals surface area contributed by atoms with Crippen LogP contribution in [0.2, 0.25) is 0 Å². The van der Waals surface area contributed by atoms with Gasteiger partial charge in [-0.25, -0.2) is 0 Å². The van der Waals surface area contributed by atoms with Crippen molar-refractivity contribution in [3.63, 3.8) is 0 Å². The van der Waals surface area contributed by atoms with E-state index in [0.29, 0.717) is 5.69 Å². The lowest BCUT2D eigenvalue weighted by molar-refractivity contribution is -0.120. The van der Waals surface area contributed by atoms with Gasteiger partial charge in [0.1, 0.15) is 5.75 Å². The Morgan fingerprint density at radius 1 is 1.07 bits per heavy atom. The molecule has 0 bridgehead atoms. The van der Waals surface area contributed by atoms with Crippen LogP contribution in [-0.2, 0) is 20.5 Å². The Morgan fingerprint density at radius 2 is 1.71 bits per heavy atom. The van der Waals surface area contributed by atoms with Crippen LogP contribution in [0.1, 0.15) is 58.2 Å². The van der Waals surface area contributed by atoms with Crippen molar-refractivity contribution in [1.82, 2.24) is 0 Å². The second-order valence-electron chi connectivity index (χ2n) is 8.89. The Kier molecular flexibility index (Phi) is 6.49. The van der Waals surface area contributed by atoms with Crippen molar-refractivity contribution < 1.29 is 14.7 Å². The number of carbonyl (C=O) groups is 1. The van der Waals surface area contributed by atoms with E-state index in [-0.39, 0.29) is 29.1 Å². The van der Waals surface area contributed by atoms with Crippen molar-refractivity contribution >= 4 is 17.8 Å². The minimum absolute atomic E-state index is 0.0848. The van der Waals surface area contributed by atoms with Gasteiger partial charge >= 0.3 is 0 Å². The van der Waals surface area contributed by atoms with Gasteiger partial charge in [0, 0.05) is 5.56 Å². The van der Waals surface area contributed by atoms with Gasteiger partial charge in [-0.15, -0.1) is 0 Å². The molecule has 0 atom stereocenters. The zero-order valence-corrected chi connectivity index (χ0v) is 17.5. The Bertz CT molecular complexity index is 845. The summed E-state index contributed by atoms with van der Waals surface area (Å²) >= 11 is 0. The van der Waals surface area contributed by atoms with E-state index in [2.05, 4.69) is 31.2 Å². The largest absolute Gasteiger partial charge is 0.505 e. The smallest absolute Gasteiger partial charge is 0.265 e. The molecule has 0 aliphatic carbocycles. The third-order valence-corrected chi connectivity index (χ3v) is 4.33. The quantitative estimate of drug-likeness (QED) is 0.435. The number of hydrogen-bond donors (Lipinski definition) is 2. The van der Waals surface area contributed by atoms with Gasteiger partial charge in [0.25, 0.3) is 5.91 Å². The molecule has 0 aliphatic heterocycles. The lowest BCUT2D eigenvalue weighted by atomic mass is 9.79. The van der Waals surface area contributed by atoms with Crippen LogP contribution in [0.4, 0.5) is 5.69 Å². The number of oxime groups is 1. The first kappa shape index (κ1) is 21.5. The molecule has 5 nitrogen and oxygen atoms in total. The van der Waals surface area contributed by atoms with Crippen molar-refractivity contribution in [2.75, 3.05) is 11.9 Å². The molecular formula is C23H30N2O3. The maximum absolute atomic E-state index is 12.3. The van der Waals surface area contributed by atoms with Gasteiger partial charge < -0.3 is 15.3 Å². The Labute approximate surface area is 167 Å². The Morgan fingerprint density at radius 3 is 2.29 bits per heavy atom. The normalized spacial score (nSPS) is 12.2. The van der Waals surface area contributed by atoms with Crippen LogP contribution in [0.5, 0.6) is 5.75 Å². The second-order valence-corrected chi connectivity index (χ2v) is 8.89. The number of amides is 1. The van der Waals surface area contributed by atoms with Crippen LogP contribution in [0.3, 0.4) is 0 Å². The molecule has 0 aliphatic rings. The molecule has 5 heteroatoms. The number of anilines is 1. The van der Waals surface area contributed by atoms with Gasteiger partial charge in [-0.2, -0.15) is 0 Å². The molecule has 1 amide bonds. The summed E-state index contributed by atoms with van der Waals surface area (Å²) in [5.74, 6) is -0.298. The zero-order valence-electron chi connectivity index (χ0n) is 17.5. The highest BCUT2D eigenvalue weighted by Gasteiger charge is 2.25. The zero-order chi connectivity index (χ0) is 20.9. The molecule has 0 spiro atoms. The van der Waals surface area contributed by atoms with Gasteiger partial charge in [-0.05, 0) is 28.0 Å². The molecule has 0 aromatic heterocycles. The molecule has 0 saturated heterocycles. The van der Waals surface area contributed by atoms with E-state index in [1.807, 2.05) is 63.2 Å². The van der Waals surface area contributed by atoms with Gasteiger partial charge in [0.15, 0.2) is 6.61 Å². The van der Waals surface area contributed by atoms with Crippen LogP contribution in [0, 0.1) is 0 Å². The minimum atomic E-state index is -0.383. The maximum Gasteiger partial charge on any atom is 0.265 e. The Balaban J connectivity index is 2.13. The number of aromatic hydroxyl groups is 1. The lowest BCUT2D eigenvalue weighted by Gasteiger charge is -2.27. The maximum atomic E-state index is 12.3. The second kappa shape index (κ2) is 8.46. The molecule has 2 rings (SSSR count). The van der Waals surface area contributed by atoms with E-state index in [0.717, 1.165) is 16.7 Å². The van der Waals surface area contributed by atoms with E-state index in [4.69, 9.17) is 4.84 Å². The molecule has 2 N–H and O–H groups in total. The monoisotopic (exact) mass is 382 g/mol. The summed E-state index contributed by atoms with van der Waals surface area (Å²) in [5, 5.41) is 17.3. The van der Waals surface area contributed by atoms with E-state index >= 15 is 0 Å². The van der Waals surface area contributed by atoms with Crippen molar-refractivity contribution in [2.45, 2.75) is 52.4 Å². The van der Waals surface area contributed by atoms with E-state index in [1.165, 1.54) is 0 Å². The number of phenols is 1. The first-order chi connectivity index (χ1) is 13.0. The lowest BCUT2D eigenvalue weighted by Crippen LogP contribution is -2.21. The fraction of sp³-hybridized carbons (Fsp3) is 0.391. The molecule has 0 saturated carbocycles. The van der Waals surface area contributed by atoms with Crippen molar-refractivity contribution in [2.24, 2.45) is 5.16 Å². The molecule has 150 valence electrons. The number of nitrogens with zero attached hydrogens (tertiary/aromatic N) is 1. The van der Waals surface area contributed by atoms with Crippen LogP contribution in [0.15, 0.2) is 47.6 Å². The first-order valence-electron chi connectivity index (χ1n) is 9.36. The van der Waals surface area contributed by atoms with Gasteiger partial charge in [-0.1, -0.05) is 83.1 Å². The summed E-state index contributed by atoms with van der Waals surface area (Å²) in [4.78, 5) is 17.4. The molecule has 2 aromatic rings. The minimum Gasteiger partial charge on any atom is -0.505 e. The highest BCUT2D eigenvalue weighted by Crippen LogP contribution is 2.40. The summed E-state index contributed by atoms with van der Waals surface area (Å²) < 4.78 is 0. The topological polar surface area (TPSA) is 70.9 Å². The molecule has 28 heavy (non-hydrogen) atoms. The molecule has 0 radical (unpaired) electrons. The molecule has 0 unspecified atom stereocenters. The summed E-state index contributed by atoms with van der Waals surface area (Å²) in [6.07, 6.45) is 1.54. The summed E-state index contributed by atoms with van der Waals surface area (Å²) in [7, 11) is 0. The number of phenolic OH excluding ortho intramolecular Hbond substituents is 1. The fourth-order valence-electron chi connectivity index (χ4n) is 2.65. The SMILES string of the molecule is CC(C)(C)c1cc(NC(=O)CON=Cc2ccccc2)c(O)c(C(C)(C)C)c1. The average Bonchev–Trinajstić information content (AvgIpc) is 2.59. The van der Waals surface area contributed by atoms with Crippen LogP contribution in [0.25, 0.3) is 0 Å². The number of hydrogen-bond acceptors (Lipinski definition) is 4. The standard InChI is InChI=1S/C23H30N2O3/c1-22(2,3)17-12-18(23(4,5)6)21(27)19(13-17)25-20(26)15-28-24-14-16-10-8-7-9-11-16/h7-14,27H,15H2,1-6H3,(H,25,26). The van der Waals surface area contributed by atoms with Gasteiger partial charge in [0.2, 0.25) is 0 Å². The van der Waals surface area contributed by atoms with Crippen LogP contribution >= 0.6 is 0 Å². The summed E-state index contributed by atoms with van der Waals surface area (Å²) in [5.41, 5.74) is 2.71. The van der Waals surface area contributed by atoms with Gasteiger partial charge in [0.05, 0.1) is 11.9 Å². The summed E-state index contributed by atoms with van der Waals surface area (Å²) in [6, 6.07) is 13.3.